The highest BCUT2D eigenvalue weighted by Gasteiger charge is 2.11. The molecule has 0 saturated heterocycles. The predicted octanol–water partition coefficient (Wildman–Crippen LogP) is 3.16. The molecule has 0 amide bonds. The molecule has 114 valence electrons. The fourth-order valence-corrected chi connectivity index (χ4v) is 3.50. The second kappa shape index (κ2) is 10.8. The third-order valence-corrected chi connectivity index (χ3v) is 4.98. The van der Waals surface area contributed by atoms with Crippen LogP contribution in [0.25, 0.3) is 0 Å². The molecule has 0 fully saturated rings. The summed E-state index contributed by atoms with van der Waals surface area (Å²) in [5, 5.41) is 8.49. The minimum absolute atomic E-state index is 0.158. The molecule has 0 aliphatic heterocycles. The average molecular weight is 309 g/mol. The van der Waals surface area contributed by atoms with Crippen LogP contribution in [0.3, 0.4) is 0 Å². The highest BCUT2D eigenvalue weighted by molar-refractivity contribution is 8.76. The van der Waals surface area contributed by atoms with E-state index in [1.165, 1.54) is 0 Å². The number of rotatable bonds is 12. The normalized spacial score (nSPS) is 13.5. The molecule has 0 aromatic heterocycles. The lowest BCUT2D eigenvalue weighted by atomic mass is 10.0. The molecule has 3 N–H and O–H groups in total. The molecule has 0 heterocycles. The zero-order chi connectivity index (χ0) is 14.7. The summed E-state index contributed by atoms with van der Waals surface area (Å²) in [6.07, 6.45) is 3.15. The predicted molar refractivity (Wildman–Crippen MR) is 84.7 cm³/mol. The van der Waals surface area contributed by atoms with Crippen LogP contribution in [-0.2, 0) is 9.53 Å². The summed E-state index contributed by atoms with van der Waals surface area (Å²) >= 11 is 0. The molecule has 1 atom stereocenters. The van der Waals surface area contributed by atoms with E-state index in [0.29, 0.717) is 6.61 Å². The summed E-state index contributed by atoms with van der Waals surface area (Å²) in [7, 11) is 3.53. The van der Waals surface area contributed by atoms with E-state index in [-0.39, 0.29) is 18.1 Å². The minimum Gasteiger partial charge on any atom is -0.481 e. The Kier molecular flexibility index (Phi) is 10.9. The number of carboxylic acids is 1. The fraction of sp³-hybridized carbons (Fsp3) is 0.923. The Morgan fingerprint density at radius 1 is 1.37 bits per heavy atom. The van der Waals surface area contributed by atoms with Crippen molar-refractivity contribution in [2.75, 3.05) is 18.1 Å². The first kappa shape index (κ1) is 19.1. The molecule has 0 aliphatic carbocycles. The maximum absolute atomic E-state index is 10.3. The van der Waals surface area contributed by atoms with E-state index in [2.05, 4.69) is 6.92 Å². The number of hydrogen-bond acceptors (Lipinski definition) is 5. The molecule has 0 aromatic carbocycles. The van der Waals surface area contributed by atoms with Crippen molar-refractivity contribution in [3.8, 4) is 0 Å². The topological polar surface area (TPSA) is 72.5 Å². The zero-order valence-electron chi connectivity index (χ0n) is 12.2. The Labute approximate surface area is 124 Å². The van der Waals surface area contributed by atoms with Gasteiger partial charge in [-0.3, -0.25) is 4.79 Å². The lowest BCUT2D eigenvalue weighted by molar-refractivity contribution is -0.137. The van der Waals surface area contributed by atoms with Crippen LogP contribution in [0.5, 0.6) is 0 Å². The van der Waals surface area contributed by atoms with Crippen LogP contribution in [-0.4, -0.2) is 40.8 Å². The highest BCUT2D eigenvalue weighted by Crippen LogP contribution is 2.24. The van der Waals surface area contributed by atoms with Crippen molar-refractivity contribution in [1.82, 2.24) is 0 Å². The van der Waals surface area contributed by atoms with Crippen LogP contribution in [0.2, 0.25) is 0 Å². The van der Waals surface area contributed by atoms with Crippen LogP contribution in [0.15, 0.2) is 0 Å². The molecule has 0 spiro atoms. The Morgan fingerprint density at radius 3 is 2.58 bits per heavy atom. The Balaban J connectivity index is 3.29. The monoisotopic (exact) mass is 309 g/mol. The molecule has 19 heavy (non-hydrogen) atoms. The standard InChI is InChI=1S/C13H27NO3S2/c1-11(17-8-7-13(2,3)14)6-10-19-18-9-4-5-12(15)16/h11H,4-10,14H2,1-3H3,(H,15,16). The largest absolute Gasteiger partial charge is 0.481 e. The van der Waals surface area contributed by atoms with Gasteiger partial charge in [0.05, 0.1) is 6.10 Å². The van der Waals surface area contributed by atoms with Gasteiger partial charge in [-0.25, -0.2) is 0 Å². The van der Waals surface area contributed by atoms with Crippen LogP contribution < -0.4 is 5.73 Å². The zero-order valence-corrected chi connectivity index (χ0v) is 13.8. The SMILES string of the molecule is CC(CCSSCCCC(=O)O)OCCC(C)(C)N. The van der Waals surface area contributed by atoms with Crippen LogP contribution in [0, 0.1) is 0 Å². The first-order valence-electron chi connectivity index (χ1n) is 6.68. The smallest absolute Gasteiger partial charge is 0.303 e. The van der Waals surface area contributed by atoms with Gasteiger partial charge in [0.25, 0.3) is 0 Å². The maximum atomic E-state index is 10.3. The third-order valence-electron chi connectivity index (χ3n) is 2.46. The molecule has 0 bridgehead atoms. The van der Waals surface area contributed by atoms with Crippen LogP contribution in [0.4, 0.5) is 0 Å². The van der Waals surface area contributed by atoms with Crippen LogP contribution >= 0.6 is 21.6 Å². The number of hydrogen-bond donors (Lipinski definition) is 2. The van der Waals surface area contributed by atoms with Gasteiger partial charge >= 0.3 is 5.97 Å². The number of carbonyl (C=O) groups is 1. The van der Waals surface area contributed by atoms with E-state index in [4.69, 9.17) is 15.6 Å². The van der Waals surface area contributed by atoms with Crippen molar-refractivity contribution in [3.05, 3.63) is 0 Å². The van der Waals surface area contributed by atoms with E-state index in [1.54, 1.807) is 21.6 Å². The molecule has 0 saturated carbocycles. The molecular weight excluding hydrogens is 282 g/mol. The van der Waals surface area contributed by atoms with Crippen LogP contribution in [0.1, 0.15) is 46.5 Å². The lowest BCUT2D eigenvalue weighted by Gasteiger charge is -2.20. The molecular formula is C13H27NO3S2. The number of carboxylic acid groups (broad SMARTS) is 1. The summed E-state index contributed by atoms with van der Waals surface area (Å²) in [5.41, 5.74) is 5.72. The van der Waals surface area contributed by atoms with E-state index >= 15 is 0 Å². The van der Waals surface area contributed by atoms with Crippen molar-refractivity contribution in [3.63, 3.8) is 0 Å². The van der Waals surface area contributed by atoms with Gasteiger partial charge in [-0.2, -0.15) is 0 Å². The Bertz CT molecular complexity index is 245. The van der Waals surface area contributed by atoms with Gasteiger partial charge in [0.1, 0.15) is 0 Å². The number of aliphatic carboxylic acids is 1. The van der Waals surface area contributed by atoms with Crippen molar-refractivity contribution in [1.29, 1.82) is 0 Å². The van der Waals surface area contributed by atoms with Crippen molar-refractivity contribution in [2.45, 2.75) is 58.1 Å². The first-order valence-corrected chi connectivity index (χ1v) is 9.17. The van der Waals surface area contributed by atoms with Crippen molar-refractivity contribution in [2.24, 2.45) is 5.73 Å². The second-order valence-electron chi connectivity index (χ2n) is 5.35. The average Bonchev–Trinajstić information content (AvgIpc) is 2.25. The van der Waals surface area contributed by atoms with E-state index in [1.807, 2.05) is 13.8 Å². The van der Waals surface area contributed by atoms with Gasteiger partial charge in [0.15, 0.2) is 0 Å². The van der Waals surface area contributed by atoms with Gasteiger partial charge in [-0.15, -0.1) is 0 Å². The van der Waals surface area contributed by atoms with Crippen molar-refractivity contribution < 1.29 is 14.6 Å². The summed E-state index contributed by atoms with van der Waals surface area (Å²) in [6, 6.07) is 0. The summed E-state index contributed by atoms with van der Waals surface area (Å²) < 4.78 is 5.70. The minimum atomic E-state index is -0.713. The maximum Gasteiger partial charge on any atom is 0.303 e. The highest BCUT2D eigenvalue weighted by atomic mass is 33.1. The van der Waals surface area contributed by atoms with E-state index in [9.17, 15) is 4.79 Å². The molecule has 1 unspecified atom stereocenters. The first-order chi connectivity index (χ1) is 8.81. The molecule has 0 aromatic rings. The molecule has 4 nitrogen and oxygen atoms in total. The number of ether oxygens (including phenoxy) is 1. The van der Waals surface area contributed by atoms with E-state index in [0.717, 1.165) is 30.8 Å². The lowest BCUT2D eigenvalue weighted by Crippen LogP contribution is -2.33. The Hall–Kier alpha value is 0.0900. The molecule has 0 radical (unpaired) electrons. The van der Waals surface area contributed by atoms with Crippen molar-refractivity contribution >= 4 is 27.6 Å². The summed E-state index contributed by atoms with van der Waals surface area (Å²) in [4.78, 5) is 10.3. The van der Waals surface area contributed by atoms with E-state index < -0.39 is 5.97 Å². The van der Waals surface area contributed by atoms with Gasteiger partial charge in [0, 0.05) is 30.1 Å². The third kappa shape index (κ3) is 16.0. The molecule has 0 rings (SSSR count). The molecule has 6 heteroatoms. The Morgan fingerprint density at radius 2 is 2.00 bits per heavy atom. The van der Waals surface area contributed by atoms with Gasteiger partial charge in [-0.1, -0.05) is 21.6 Å². The summed E-state index contributed by atoms with van der Waals surface area (Å²) in [6.45, 7) is 6.80. The summed E-state index contributed by atoms with van der Waals surface area (Å²) in [5.74, 6) is 1.22. The quantitative estimate of drug-likeness (QED) is 0.426. The van der Waals surface area contributed by atoms with Gasteiger partial charge in [0.2, 0.25) is 0 Å². The molecule has 0 aliphatic rings. The second-order valence-corrected chi connectivity index (χ2v) is 8.05. The van der Waals surface area contributed by atoms with Gasteiger partial charge < -0.3 is 15.6 Å². The number of nitrogens with two attached hydrogens (primary N) is 1. The fourth-order valence-electron chi connectivity index (χ4n) is 1.22. The van der Waals surface area contributed by atoms with Gasteiger partial charge in [-0.05, 0) is 40.0 Å².